The Labute approximate surface area is 115 Å². The number of rotatable bonds is 3. The van der Waals surface area contributed by atoms with Crippen LogP contribution in [0.2, 0.25) is 5.02 Å². The van der Waals surface area contributed by atoms with E-state index >= 15 is 0 Å². The standard InChI is InChI=1S/C11H13BrClNO.ClH/c12-9-3-10(13)5-11(4-9)15-7-8-1-2-14-6-8;/h3-5,8,14H,1-2,6-7H2;1H. The Kier molecular flexibility index (Phi) is 5.90. The van der Waals surface area contributed by atoms with Crippen LogP contribution in [-0.4, -0.2) is 19.7 Å². The lowest BCUT2D eigenvalue weighted by molar-refractivity contribution is 0.260. The molecule has 0 aliphatic carbocycles. The molecule has 1 heterocycles. The highest BCUT2D eigenvalue weighted by Crippen LogP contribution is 2.25. The van der Waals surface area contributed by atoms with Crippen molar-refractivity contribution in [3.8, 4) is 5.75 Å². The Balaban J connectivity index is 0.00000128. The molecule has 1 fully saturated rings. The molecule has 0 spiro atoms. The van der Waals surface area contributed by atoms with E-state index < -0.39 is 0 Å². The highest BCUT2D eigenvalue weighted by molar-refractivity contribution is 9.10. The highest BCUT2D eigenvalue weighted by atomic mass is 79.9. The molecule has 5 heteroatoms. The van der Waals surface area contributed by atoms with E-state index in [4.69, 9.17) is 16.3 Å². The number of ether oxygens (including phenoxy) is 1. The van der Waals surface area contributed by atoms with E-state index in [-0.39, 0.29) is 12.4 Å². The number of halogens is 3. The van der Waals surface area contributed by atoms with Crippen molar-refractivity contribution in [3.63, 3.8) is 0 Å². The molecule has 1 aromatic rings. The predicted molar refractivity (Wildman–Crippen MR) is 72.9 cm³/mol. The molecular weight excluding hydrogens is 313 g/mol. The largest absolute Gasteiger partial charge is 0.493 e. The van der Waals surface area contributed by atoms with Gasteiger partial charge in [0.05, 0.1) is 6.61 Å². The molecule has 1 atom stereocenters. The second kappa shape index (κ2) is 6.70. The zero-order chi connectivity index (χ0) is 10.7. The molecule has 1 unspecified atom stereocenters. The summed E-state index contributed by atoms with van der Waals surface area (Å²) in [4.78, 5) is 0. The van der Waals surface area contributed by atoms with Crippen LogP contribution in [-0.2, 0) is 0 Å². The van der Waals surface area contributed by atoms with Gasteiger partial charge in [0.2, 0.25) is 0 Å². The number of nitrogens with one attached hydrogen (secondary N) is 1. The summed E-state index contributed by atoms with van der Waals surface area (Å²) < 4.78 is 6.65. The van der Waals surface area contributed by atoms with E-state index in [1.54, 1.807) is 0 Å². The molecule has 0 bridgehead atoms. The minimum absolute atomic E-state index is 0. The van der Waals surface area contributed by atoms with Crippen LogP contribution in [0.5, 0.6) is 5.75 Å². The first kappa shape index (κ1) is 14.1. The van der Waals surface area contributed by atoms with Crippen molar-refractivity contribution in [1.29, 1.82) is 0 Å². The van der Waals surface area contributed by atoms with E-state index in [1.165, 1.54) is 6.42 Å². The molecule has 1 N–H and O–H groups in total. The summed E-state index contributed by atoms with van der Waals surface area (Å²) in [6.45, 7) is 2.93. The fourth-order valence-electron chi connectivity index (χ4n) is 1.68. The first-order valence-corrected chi connectivity index (χ1v) is 6.21. The van der Waals surface area contributed by atoms with Crippen molar-refractivity contribution in [1.82, 2.24) is 5.32 Å². The molecular formula is C11H14BrCl2NO. The van der Waals surface area contributed by atoms with Crippen LogP contribution >= 0.6 is 39.9 Å². The molecule has 0 amide bonds. The minimum Gasteiger partial charge on any atom is -0.493 e. The second-order valence-corrected chi connectivity index (χ2v) is 5.13. The van der Waals surface area contributed by atoms with Crippen molar-refractivity contribution in [2.75, 3.05) is 19.7 Å². The van der Waals surface area contributed by atoms with Gasteiger partial charge in [0.15, 0.2) is 0 Å². The third kappa shape index (κ3) is 4.13. The minimum atomic E-state index is 0. The molecule has 90 valence electrons. The third-order valence-electron chi connectivity index (χ3n) is 2.48. The van der Waals surface area contributed by atoms with E-state index in [2.05, 4.69) is 21.2 Å². The Bertz CT molecular complexity index is 323. The van der Waals surface area contributed by atoms with Crippen LogP contribution in [0, 0.1) is 5.92 Å². The summed E-state index contributed by atoms with van der Waals surface area (Å²) in [7, 11) is 0. The molecule has 2 rings (SSSR count). The first-order chi connectivity index (χ1) is 7.24. The van der Waals surface area contributed by atoms with E-state index in [1.807, 2.05) is 18.2 Å². The van der Waals surface area contributed by atoms with Crippen LogP contribution in [0.25, 0.3) is 0 Å². The van der Waals surface area contributed by atoms with Crippen molar-refractivity contribution in [2.45, 2.75) is 6.42 Å². The number of benzene rings is 1. The maximum Gasteiger partial charge on any atom is 0.121 e. The maximum absolute atomic E-state index is 5.92. The van der Waals surface area contributed by atoms with Crippen molar-refractivity contribution >= 4 is 39.9 Å². The van der Waals surface area contributed by atoms with Crippen LogP contribution in [0.15, 0.2) is 22.7 Å². The molecule has 0 aromatic heterocycles. The molecule has 1 aliphatic heterocycles. The molecule has 0 saturated carbocycles. The van der Waals surface area contributed by atoms with Gasteiger partial charge in [0.25, 0.3) is 0 Å². The topological polar surface area (TPSA) is 21.3 Å². The fraction of sp³-hybridized carbons (Fsp3) is 0.455. The normalized spacial score (nSPS) is 19.2. The fourth-order valence-corrected chi connectivity index (χ4v) is 2.51. The average molecular weight is 327 g/mol. The van der Waals surface area contributed by atoms with E-state index in [0.717, 1.165) is 29.9 Å². The SMILES string of the molecule is Cl.Clc1cc(Br)cc(OCC2CCNC2)c1. The monoisotopic (exact) mass is 325 g/mol. The zero-order valence-corrected chi connectivity index (χ0v) is 11.9. The van der Waals surface area contributed by atoms with Gasteiger partial charge in [-0.05, 0) is 31.2 Å². The second-order valence-electron chi connectivity index (χ2n) is 3.77. The Morgan fingerprint density at radius 3 is 2.88 bits per heavy atom. The Morgan fingerprint density at radius 2 is 2.25 bits per heavy atom. The van der Waals surface area contributed by atoms with Crippen LogP contribution in [0.3, 0.4) is 0 Å². The van der Waals surface area contributed by atoms with Gasteiger partial charge in [0.1, 0.15) is 5.75 Å². The first-order valence-electron chi connectivity index (χ1n) is 5.03. The molecule has 0 radical (unpaired) electrons. The molecule has 1 aliphatic rings. The average Bonchev–Trinajstić information content (AvgIpc) is 2.65. The predicted octanol–water partition coefficient (Wildman–Crippen LogP) is 3.51. The summed E-state index contributed by atoms with van der Waals surface area (Å²) in [5.74, 6) is 1.46. The summed E-state index contributed by atoms with van der Waals surface area (Å²) in [5.41, 5.74) is 0. The summed E-state index contributed by atoms with van der Waals surface area (Å²) >= 11 is 9.31. The zero-order valence-electron chi connectivity index (χ0n) is 8.71. The van der Waals surface area contributed by atoms with Crippen LogP contribution < -0.4 is 10.1 Å². The highest BCUT2D eigenvalue weighted by Gasteiger charge is 2.14. The van der Waals surface area contributed by atoms with Crippen LogP contribution in [0.1, 0.15) is 6.42 Å². The van der Waals surface area contributed by atoms with Gasteiger partial charge >= 0.3 is 0 Å². The van der Waals surface area contributed by atoms with Crippen molar-refractivity contribution in [2.24, 2.45) is 5.92 Å². The molecule has 1 aromatic carbocycles. The van der Waals surface area contributed by atoms with Gasteiger partial charge in [-0.15, -0.1) is 12.4 Å². The van der Waals surface area contributed by atoms with Gasteiger partial charge in [-0.25, -0.2) is 0 Å². The van der Waals surface area contributed by atoms with E-state index in [9.17, 15) is 0 Å². The van der Waals surface area contributed by atoms with Crippen molar-refractivity contribution in [3.05, 3.63) is 27.7 Å². The molecule has 2 nitrogen and oxygen atoms in total. The van der Waals surface area contributed by atoms with Gasteiger partial charge in [-0.2, -0.15) is 0 Å². The summed E-state index contributed by atoms with van der Waals surface area (Å²) in [6.07, 6.45) is 1.20. The van der Waals surface area contributed by atoms with Gasteiger partial charge in [0, 0.05) is 22.0 Å². The van der Waals surface area contributed by atoms with Gasteiger partial charge < -0.3 is 10.1 Å². The lowest BCUT2D eigenvalue weighted by Gasteiger charge is -2.11. The number of hydrogen-bond donors (Lipinski definition) is 1. The quantitative estimate of drug-likeness (QED) is 0.917. The third-order valence-corrected chi connectivity index (χ3v) is 3.16. The lowest BCUT2D eigenvalue weighted by Crippen LogP contribution is -2.15. The van der Waals surface area contributed by atoms with Gasteiger partial charge in [-0.3, -0.25) is 0 Å². The lowest BCUT2D eigenvalue weighted by atomic mass is 10.1. The van der Waals surface area contributed by atoms with Gasteiger partial charge in [-0.1, -0.05) is 27.5 Å². The van der Waals surface area contributed by atoms with E-state index in [0.29, 0.717) is 10.9 Å². The molecule has 16 heavy (non-hydrogen) atoms. The van der Waals surface area contributed by atoms with Crippen LogP contribution in [0.4, 0.5) is 0 Å². The molecule has 1 saturated heterocycles. The summed E-state index contributed by atoms with van der Waals surface area (Å²) in [6, 6.07) is 5.63. The smallest absolute Gasteiger partial charge is 0.121 e. The maximum atomic E-state index is 5.92. The summed E-state index contributed by atoms with van der Waals surface area (Å²) in [5, 5.41) is 4.01. The van der Waals surface area contributed by atoms with Crippen molar-refractivity contribution < 1.29 is 4.74 Å². The number of hydrogen-bond acceptors (Lipinski definition) is 2. The Hall–Kier alpha value is 0.0400. The Morgan fingerprint density at radius 1 is 1.44 bits per heavy atom.